The lowest BCUT2D eigenvalue weighted by Crippen LogP contribution is -2.30. The summed E-state index contributed by atoms with van der Waals surface area (Å²) in [6.45, 7) is 2.11. The van der Waals surface area contributed by atoms with Gasteiger partial charge in [0.05, 0.1) is 5.56 Å². The van der Waals surface area contributed by atoms with Crippen molar-refractivity contribution < 1.29 is 18.4 Å². The Morgan fingerprint density at radius 1 is 1.19 bits per heavy atom. The highest BCUT2D eigenvalue weighted by molar-refractivity contribution is 5.95. The second-order valence-electron chi connectivity index (χ2n) is 6.60. The summed E-state index contributed by atoms with van der Waals surface area (Å²) in [6.07, 6.45) is 1.22. The molecule has 1 aliphatic heterocycles. The highest BCUT2D eigenvalue weighted by Gasteiger charge is 2.21. The Morgan fingerprint density at radius 2 is 1.96 bits per heavy atom. The molecule has 0 atom stereocenters. The number of fused-ring (bicyclic) bond motifs is 1. The zero-order valence-electron chi connectivity index (χ0n) is 15.2. The number of amides is 1. The quantitative estimate of drug-likeness (QED) is 0.692. The monoisotopic (exact) mass is 366 g/mol. The van der Waals surface area contributed by atoms with Gasteiger partial charge in [-0.3, -0.25) is 4.79 Å². The van der Waals surface area contributed by atoms with E-state index in [1.807, 2.05) is 25.1 Å². The van der Waals surface area contributed by atoms with E-state index in [1.54, 1.807) is 24.1 Å². The van der Waals surface area contributed by atoms with Crippen LogP contribution < -0.4 is 9.64 Å². The van der Waals surface area contributed by atoms with Crippen LogP contribution in [0.2, 0.25) is 0 Å². The van der Waals surface area contributed by atoms with E-state index in [-0.39, 0.29) is 18.3 Å². The van der Waals surface area contributed by atoms with Crippen LogP contribution in [0, 0.1) is 12.7 Å². The number of ether oxygens (including phenoxy) is 1. The molecule has 0 aliphatic carbocycles. The van der Waals surface area contributed by atoms with E-state index < -0.39 is 0 Å². The molecular weight excluding hydrogens is 347 g/mol. The number of carbonyl (C=O) groups excluding carboxylic acids is 1. The summed E-state index contributed by atoms with van der Waals surface area (Å²) in [5, 5.41) is 4.09. The third kappa shape index (κ3) is 3.30. The van der Waals surface area contributed by atoms with Gasteiger partial charge in [0.25, 0.3) is 0 Å². The second kappa shape index (κ2) is 6.87. The Morgan fingerprint density at radius 3 is 2.74 bits per heavy atom. The maximum Gasteiger partial charge on any atom is 0.227 e. The van der Waals surface area contributed by atoms with Crippen LogP contribution in [-0.2, 0) is 17.8 Å². The Balaban J connectivity index is 1.55. The highest BCUT2D eigenvalue weighted by Crippen LogP contribution is 2.31. The van der Waals surface area contributed by atoms with Crippen molar-refractivity contribution in [3.8, 4) is 17.0 Å². The van der Waals surface area contributed by atoms with Crippen molar-refractivity contribution in [1.29, 1.82) is 0 Å². The van der Waals surface area contributed by atoms with Gasteiger partial charge in [-0.1, -0.05) is 5.16 Å². The van der Waals surface area contributed by atoms with Crippen LogP contribution in [0.25, 0.3) is 11.3 Å². The van der Waals surface area contributed by atoms with Gasteiger partial charge in [0.15, 0.2) is 0 Å². The molecule has 1 amide bonds. The Kier molecular flexibility index (Phi) is 4.39. The number of aryl methyl sites for hydroxylation is 2. The SMILES string of the molecule is Cc1onc(-c2ccc(F)cc2)c1COc1ccc2c(c1)CCC(=O)N2C. The first kappa shape index (κ1) is 17.3. The fraction of sp³-hybridized carbons (Fsp3) is 0.238. The van der Waals surface area contributed by atoms with Crippen molar-refractivity contribution in [3.05, 3.63) is 65.2 Å². The normalized spacial score (nSPS) is 13.6. The zero-order valence-corrected chi connectivity index (χ0v) is 15.2. The molecule has 0 bridgehead atoms. The zero-order chi connectivity index (χ0) is 19.0. The number of hydrogen-bond acceptors (Lipinski definition) is 4. The molecule has 0 saturated heterocycles. The maximum atomic E-state index is 13.2. The van der Waals surface area contributed by atoms with Gasteiger partial charge in [-0.25, -0.2) is 4.39 Å². The first-order valence-corrected chi connectivity index (χ1v) is 8.76. The minimum Gasteiger partial charge on any atom is -0.489 e. The molecule has 0 N–H and O–H groups in total. The molecule has 0 fully saturated rings. The molecule has 27 heavy (non-hydrogen) atoms. The van der Waals surface area contributed by atoms with Gasteiger partial charge in [-0.05, 0) is 61.4 Å². The molecular formula is C21H19FN2O3. The molecule has 3 aromatic rings. The van der Waals surface area contributed by atoms with Crippen molar-refractivity contribution in [3.63, 3.8) is 0 Å². The number of aromatic nitrogens is 1. The van der Waals surface area contributed by atoms with Crippen molar-refractivity contribution in [2.24, 2.45) is 0 Å². The summed E-state index contributed by atoms with van der Waals surface area (Å²) in [7, 11) is 1.79. The van der Waals surface area contributed by atoms with Crippen molar-refractivity contribution in [2.45, 2.75) is 26.4 Å². The highest BCUT2D eigenvalue weighted by atomic mass is 19.1. The van der Waals surface area contributed by atoms with E-state index in [0.717, 1.165) is 28.1 Å². The topological polar surface area (TPSA) is 55.6 Å². The van der Waals surface area contributed by atoms with Crippen molar-refractivity contribution in [1.82, 2.24) is 5.16 Å². The predicted octanol–water partition coefficient (Wildman–Crippen LogP) is 4.28. The van der Waals surface area contributed by atoms with Gasteiger partial charge in [-0.2, -0.15) is 0 Å². The molecule has 1 aliphatic rings. The number of halogens is 1. The van der Waals surface area contributed by atoms with Gasteiger partial charge >= 0.3 is 0 Å². The van der Waals surface area contributed by atoms with E-state index in [1.165, 1.54) is 12.1 Å². The van der Waals surface area contributed by atoms with Gasteiger partial charge in [-0.15, -0.1) is 0 Å². The molecule has 138 valence electrons. The van der Waals surface area contributed by atoms with Crippen molar-refractivity contribution >= 4 is 11.6 Å². The third-order valence-electron chi connectivity index (χ3n) is 4.88. The predicted molar refractivity (Wildman–Crippen MR) is 99.1 cm³/mol. The van der Waals surface area contributed by atoms with Crippen LogP contribution in [0.5, 0.6) is 5.75 Å². The van der Waals surface area contributed by atoms with Gasteiger partial charge in [0, 0.05) is 24.7 Å². The van der Waals surface area contributed by atoms with Crippen LogP contribution in [0.15, 0.2) is 47.0 Å². The molecule has 2 heterocycles. The van der Waals surface area contributed by atoms with E-state index in [4.69, 9.17) is 9.26 Å². The summed E-state index contributed by atoms with van der Waals surface area (Å²) in [4.78, 5) is 13.5. The molecule has 0 spiro atoms. The minimum absolute atomic E-state index is 0.125. The lowest BCUT2D eigenvalue weighted by atomic mass is 10.0. The molecule has 4 rings (SSSR count). The summed E-state index contributed by atoms with van der Waals surface area (Å²) in [5.74, 6) is 1.22. The third-order valence-corrected chi connectivity index (χ3v) is 4.88. The van der Waals surface area contributed by atoms with Crippen LogP contribution in [-0.4, -0.2) is 18.1 Å². The van der Waals surface area contributed by atoms with E-state index in [0.29, 0.717) is 24.3 Å². The lowest BCUT2D eigenvalue weighted by molar-refractivity contribution is -0.118. The standard InChI is InChI=1S/C21H19FN2O3/c1-13-18(21(23-27-13)14-3-6-16(22)7-4-14)12-26-17-8-9-19-15(11-17)5-10-20(25)24(19)2/h3-4,6-9,11H,5,10,12H2,1-2H3. The largest absolute Gasteiger partial charge is 0.489 e. The number of anilines is 1. The van der Waals surface area contributed by atoms with Crippen LogP contribution in [0.1, 0.15) is 23.3 Å². The van der Waals surface area contributed by atoms with E-state index >= 15 is 0 Å². The first-order chi connectivity index (χ1) is 13.0. The summed E-state index contributed by atoms with van der Waals surface area (Å²) in [5.41, 5.74) is 4.27. The number of nitrogens with zero attached hydrogens (tertiary/aromatic N) is 2. The number of benzene rings is 2. The molecule has 0 radical (unpaired) electrons. The van der Waals surface area contributed by atoms with Gasteiger partial charge in [0.1, 0.15) is 29.6 Å². The summed E-state index contributed by atoms with van der Waals surface area (Å²) in [6, 6.07) is 11.9. The Bertz CT molecular complexity index is 995. The van der Waals surface area contributed by atoms with Crippen LogP contribution >= 0.6 is 0 Å². The van der Waals surface area contributed by atoms with Gasteiger partial charge in [0.2, 0.25) is 5.91 Å². The number of carbonyl (C=O) groups is 1. The fourth-order valence-electron chi connectivity index (χ4n) is 3.27. The average molecular weight is 366 g/mol. The Labute approximate surface area is 156 Å². The second-order valence-corrected chi connectivity index (χ2v) is 6.60. The molecule has 0 unspecified atom stereocenters. The van der Waals surface area contributed by atoms with E-state index in [9.17, 15) is 9.18 Å². The summed E-state index contributed by atoms with van der Waals surface area (Å²) >= 11 is 0. The van der Waals surface area contributed by atoms with Crippen LogP contribution in [0.3, 0.4) is 0 Å². The number of rotatable bonds is 4. The molecule has 1 aromatic heterocycles. The minimum atomic E-state index is -0.297. The smallest absolute Gasteiger partial charge is 0.227 e. The van der Waals surface area contributed by atoms with Gasteiger partial charge < -0.3 is 14.2 Å². The maximum absolute atomic E-state index is 13.2. The fourth-order valence-corrected chi connectivity index (χ4v) is 3.27. The first-order valence-electron chi connectivity index (χ1n) is 8.76. The number of hydrogen-bond donors (Lipinski definition) is 0. The Hall–Kier alpha value is -3.15. The average Bonchev–Trinajstić information content (AvgIpc) is 3.04. The van der Waals surface area contributed by atoms with Crippen molar-refractivity contribution in [2.75, 3.05) is 11.9 Å². The van der Waals surface area contributed by atoms with E-state index in [2.05, 4.69) is 5.16 Å². The molecule has 0 saturated carbocycles. The van der Waals surface area contributed by atoms with Crippen LogP contribution in [0.4, 0.5) is 10.1 Å². The lowest BCUT2D eigenvalue weighted by Gasteiger charge is -2.26. The molecule has 5 nitrogen and oxygen atoms in total. The molecule has 2 aromatic carbocycles. The summed E-state index contributed by atoms with van der Waals surface area (Å²) < 4.78 is 24.5. The molecule has 6 heteroatoms.